The highest BCUT2D eigenvalue weighted by atomic mass is 16.5. The van der Waals surface area contributed by atoms with E-state index in [-0.39, 0.29) is 11.4 Å². The Morgan fingerprint density at radius 3 is 2.93 bits per heavy atom. The summed E-state index contributed by atoms with van der Waals surface area (Å²) < 4.78 is 4.97. The third-order valence-electron chi connectivity index (χ3n) is 9.49. The molecular weight excluding hydrogens is 338 g/mol. The third-order valence-corrected chi connectivity index (χ3v) is 9.49. The number of piperidine rings is 1. The maximum atomic E-state index is 12.1. The number of esters is 1. The van der Waals surface area contributed by atoms with E-state index in [1.807, 2.05) is 0 Å². The van der Waals surface area contributed by atoms with Crippen LogP contribution in [-0.4, -0.2) is 47.3 Å². The number of aliphatic hydroxyl groups is 1. The fourth-order valence-corrected chi connectivity index (χ4v) is 8.28. The number of carbonyl (C=O) groups is 1. The second-order valence-electron chi connectivity index (χ2n) is 10.3. The fourth-order valence-electron chi connectivity index (χ4n) is 8.28. The van der Waals surface area contributed by atoms with E-state index in [1.165, 1.54) is 32.8 Å². The molecule has 8 atom stereocenters. The summed E-state index contributed by atoms with van der Waals surface area (Å²) in [7, 11) is 1.48. The molecule has 1 N–H and O–H groups in total. The van der Waals surface area contributed by atoms with Gasteiger partial charge >= 0.3 is 5.97 Å². The second kappa shape index (κ2) is 6.06. The summed E-state index contributed by atoms with van der Waals surface area (Å²) in [4.78, 5) is 14.8. The molecule has 3 aliphatic carbocycles. The zero-order valence-electron chi connectivity index (χ0n) is 17.1. The predicted molar refractivity (Wildman–Crippen MR) is 104 cm³/mol. The Bertz CT molecular complexity index is 671. The summed E-state index contributed by atoms with van der Waals surface area (Å²) in [5.41, 5.74) is 0.775. The monoisotopic (exact) mass is 373 g/mol. The zero-order chi connectivity index (χ0) is 19.0. The van der Waals surface area contributed by atoms with Crippen molar-refractivity contribution in [3.05, 3.63) is 11.6 Å². The third kappa shape index (κ3) is 2.26. The molecule has 0 aromatic rings. The van der Waals surface area contributed by atoms with Gasteiger partial charge in [-0.1, -0.05) is 18.6 Å². The molecule has 0 amide bonds. The number of hydrogen-bond acceptors (Lipinski definition) is 4. The van der Waals surface area contributed by atoms with Crippen LogP contribution in [0, 0.1) is 29.1 Å². The van der Waals surface area contributed by atoms with E-state index in [9.17, 15) is 9.90 Å². The van der Waals surface area contributed by atoms with Crippen LogP contribution in [0.1, 0.15) is 65.2 Å². The van der Waals surface area contributed by atoms with E-state index < -0.39 is 5.60 Å². The topological polar surface area (TPSA) is 49.8 Å². The average Bonchev–Trinajstić information content (AvgIpc) is 3.34. The van der Waals surface area contributed by atoms with Crippen molar-refractivity contribution in [2.24, 2.45) is 29.1 Å². The molecule has 27 heavy (non-hydrogen) atoms. The van der Waals surface area contributed by atoms with E-state index in [1.54, 1.807) is 5.57 Å². The van der Waals surface area contributed by atoms with Gasteiger partial charge in [-0.25, -0.2) is 0 Å². The lowest BCUT2D eigenvalue weighted by atomic mass is 9.52. The van der Waals surface area contributed by atoms with Crippen molar-refractivity contribution in [3.63, 3.8) is 0 Å². The van der Waals surface area contributed by atoms with Crippen LogP contribution in [0.25, 0.3) is 0 Å². The quantitative estimate of drug-likeness (QED) is 0.607. The Labute approximate surface area is 163 Å². The maximum Gasteiger partial charge on any atom is 0.305 e. The van der Waals surface area contributed by atoms with Crippen molar-refractivity contribution in [2.75, 3.05) is 13.7 Å². The van der Waals surface area contributed by atoms with Crippen LogP contribution in [-0.2, 0) is 9.53 Å². The van der Waals surface area contributed by atoms with Crippen LogP contribution in [0.3, 0.4) is 0 Å². The Balaban J connectivity index is 1.58. The normalized spacial score (nSPS) is 50.7. The van der Waals surface area contributed by atoms with E-state index >= 15 is 0 Å². The second-order valence-corrected chi connectivity index (χ2v) is 10.3. The molecule has 4 heteroatoms. The summed E-state index contributed by atoms with van der Waals surface area (Å²) in [6, 6.07) is 0.858. The molecule has 4 nitrogen and oxygen atoms in total. The van der Waals surface area contributed by atoms with Crippen molar-refractivity contribution in [1.29, 1.82) is 0 Å². The Kier molecular flexibility index (Phi) is 4.08. The number of methoxy groups -OCH3 is 1. The van der Waals surface area contributed by atoms with Gasteiger partial charge in [-0.2, -0.15) is 0 Å². The van der Waals surface area contributed by atoms with Crippen molar-refractivity contribution in [2.45, 2.75) is 82.9 Å². The lowest BCUT2D eigenvalue weighted by molar-refractivity contribution is -0.203. The van der Waals surface area contributed by atoms with Gasteiger partial charge in [-0.05, 0) is 69.6 Å². The van der Waals surface area contributed by atoms with Gasteiger partial charge in [0.15, 0.2) is 0 Å². The molecule has 2 heterocycles. The minimum atomic E-state index is -0.708. The first-order valence-electron chi connectivity index (χ1n) is 11.2. The lowest BCUT2D eigenvalue weighted by Gasteiger charge is -2.63. The first kappa shape index (κ1) is 18.2. The van der Waals surface area contributed by atoms with Crippen LogP contribution in [0.2, 0.25) is 0 Å². The molecular formula is C23H35NO3. The van der Waals surface area contributed by atoms with Gasteiger partial charge in [0.1, 0.15) is 0 Å². The highest BCUT2D eigenvalue weighted by Crippen LogP contribution is 2.67. The molecule has 0 aromatic carbocycles. The largest absolute Gasteiger partial charge is 0.469 e. The maximum absolute atomic E-state index is 12.1. The van der Waals surface area contributed by atoms with E-state index in [2.05, 4.69) is 24.8 Å². The van der Waals surface area contributed by atoms with Crippen LogP contribution >= 0.6 is 0 Å². The Morgan fingerprint density at radius 1 is 1.33 bits per heavy atom. The van der Waals surface area contributed by atoms with E-state index in [0.29, 0.717) is 36.3 Å². The van der Waals surface area contributed by atoms with Crippen molar-refractivity contribution in [1.82, 2.24) is 4.90 Å². The number of ether oxygens (including phenoxy) is 1. The predicted octanol–water partition coefficient (Wildman–Crippen LogP) is 3.54. The smallest absolute Gasteiger partial charge is 0.305 e. The van der Waals surface area contributed by atoms with Gasteiger partial charge < -0.3 is 9.84 Å². The number of fused-ring (bicyclic) bond motifs is 4. The summed E-state index contributed by atoms with van der Waals surface area (Å²) in [5.74, 6) is 2.27. The molecule has 0 radical (unpaired) electrons. The molecule has 2 saturated carbocycles. The SMILES string of the molecule is COC(=O)CC[C@@]12CC[C@@H]3[C@H](C)CN([C@@H]31)[C@H]1C3=CCC[C@H]3CC[C@@H]1[C@]2(C)O. The summed E-state index contributed by atoms with van der Waals surface area (Å²) in [5, 5.41) is 12.1. The summed E-state index contributed by atoms with van der Waals surface area (Å²) in [6.07, 6.45) is 10.8. The summed E-state index contributed by atoms with van der Waals surface area (Å²) in [6.45, 7) is 5.70. The molecule has 0 spiro atoms. The van der Waals surface area contributed by atoms with Crippen LogP contribution < -0.4 is 0 Å². The van der Waals surface area contributed by atoms with Crippen LogP contribution in [0.15, 0.2) is 11.6 Å². The summed E-state index contributed by atoms with van der Waals surface area (Å²) >= 11 is 0. The molecule has 0 aromatic heterocycles. The minimum absolute atomic E-state index is 0.134. The number of carbonyl (C=O) groups excluding carboxylic acids is 1. The van der Waals surface area contributed by atoms with Gasteiger partial charge in [-0.15, -0.1) is 0 Å². The molecule has 4 fully saturated rings. The molecule has 5 rings (SSSR count). The lowest BCUT2D eigenvalue weighted by Crippen LogP contribution is -2.71. The molecule has 5 aliphatic rings. The molecule has 2 saturated heterocycles. The molecule has 150 valence electrons. The van der Waals surface area contributed by atoms with Crippen LogP contribution in [0.4, 0.5) is 0 Å². The number of allylic oxidation sites excluding steroid dienone is 1. The zero-order valence-corrected chi connectivity index (χ0v) is 17.1. The highest BCUT2D eigenvalue weighted by Gasteiger charge is 2.70. The fraction of sp³-hybridized carbons (Fsp3) is 0.870. The Hall–Kier alpha value is -0.870. The minimum Gasteiger partial charge on any atom is -0.469 e. The first-order valence-corrected chi connectivity index (χ1v) is 11.2. The van der Waals surface area contributed by atoms with Crippen molar-refractivity contribution in [3.8, 4) is 0 Å². The number of hydrogen-bond donors (Lipinski definition) is 1. The van der Waals surface area contributed by atoms with Gasteiger partial charge in [0.05, 0.1) is 12.7 Å². The number of rotatable bonds is 3. The van der Waals surface area contributed by atoms with Crippen molar-refractivity contribution < 1.29 is 14.6 Å². The average molecular weight is 374 g/mol. The van der Waals surface area contributed by atoms with E-state index in [0.717, 1.165) is 31.7 Å². The molecule has 0 unspecified atom stereocenters. The van der Waals surface area contributed by atoms with Crippen LogP contribution in [0.5, 0.6) is 0 Å². The van der Waals surface area contributed by atoms with Gasteiger partial charge in [0.25, 0.3) is 0 Å². The highest BCUT2D eigenvalue weighted by molar-refractivity contribution is 5.69. The molecule has 2 aliphatic heterocycles. The number of nitrogens with zero attached hydrogens (tertiary/aromatic N) is 1. The standard InChI is InChI=1S/C23H35NO3/c1-14-13-24-20-17-6-4-5-15(17)7-8-18(20)22(2,26)23(12-10-19(25)27-3)11-9-16(14)21(23)24/h6,14-16,18,20-21,26H,4-5,7-13H2,1-3H3/t14-,15+,16-,18+,20+,21+,22+,23+/m1/s1. The molecule has 0 bridgehead atoms. The van der Waals surface area contributed by atoms with Crippen molar-refractivity contribution >= 4 is 5.97 Å². The van der Waals surface area contributed by atoms with E-state index in [4.69, 9.17) is 4.74 Å². The Morgan fingerprint density at radius 2 is 2.15 bits per heavy atom. The van der Waals surface area contributed by atoms with Gasteiger partial charge in [0.2, 0.25) is 0 Å². The van der Waals surface area contributed by atoms with Gasteiger partial charge in [0, 0.05) is 36.4 Å². The van der Waals surface area contributed by atoms with Gasteiger partial charge in [-0.3, -0.25) is 9.69 Å². The first-order chi connectivity index (χ1) is 12.9.